The van der Waals surface area contributed by atoms with Crippen molar-refractivity contribution in [1.82, 2.24) is 5.43 Å². The Balaban J connectivity index is 1.86. The van der Waals surface area contributed by atoms with E-state index >= 15 is 0 Å². The molecular weight excluding hydrogens is 320 g/mol. The highest BCUT2D eigenvalue weighted by molar-refractivity contribution is 6.30. The van der Waals surface area contributed by atoms with Crippen LogP contribution in [0.3, 0.4) is 0 Å². The van der Waals surface area contributed by atoms with Crippen LogP contribution in [0.5, 0.6) is 17.2 Å². The number of nitrogens with one attached hydrogen (secondary N) is 1. The van der Waals surface area contributed by atoms with Crippen molar-refractivity contribution < 1.29 is 19.7 Å². The molecule has 120 valence electrons. The second-order valence-electron chi connectivity index (χ2n) is 4.73. The number of nitrogens with zero attached hydrogens (tertiary/aromatic N) is 1. The van der Waals surface area contributed by atoms with E-state index in [0.717, 1.165) is 5.56 Å². The molecule has 6 nitrogen and oxygen atoms in total. The predicted molar refractivity (Wildman–Crippen MR) is 87.2 cm³/mol. The zero-order chi connectivity index (χ0) is 16.8. The van der Waals surface area contributed by atoms with Crippen LogP contribution in [0, 0.1) is 6.92 Å². The van der Waals surface area contributed by atoms with E-state index < -0.39 is 5.91 Å². The Kier molecular flexibility index (Phi) is 5.43. The molecule has 0 fully saturated rings. The van der Waals surface area contributed by atoms with E-state index in [-0.39, 0.29) is 18.1 Å². The molecule has 2 aromatic rings. The van der Waals surface area contributed by atoms with Crippen molar-refractivity contribution in [2.75, 3.05) is 6.61 Å². The van der Waals surface area contributed by atoms with Gasteiger partial charge in [-0.3, -0.25) is 4.79 Å². The molecule has 23 heavy (non-hydrogen) atoms. The zero-order valence-corrected chi connectivity index (χ0v) is 13.0. The van der Waals surface area contributed by atoms with Crippen LogP contribution in [0.4, 0.5) is 0 Å². The fourth-order valence-electron chi connectivity index (χ4n) is 1.77. The molecule has 0 unspecified atom stereocenters. The maximum Gasteiger partial charge on any atom is 0.277 e. The van der Waals surface area contributed by atoms with Crippen molar-refractivity contribution in [3.05, 3.63) is 52.5 Å². The first-order chi connectivity index (χ1) is 11.0. The van der Waals surface area contributed by atoms with Crippen molar-refractivity contribution in [3.8, 4) is 17.2 Å². The van der Waals surface area contributed by atoms with Gasteiger partial charge in [0.2, 0.25) is 0 Å². The third-order valence-corrected chi connectivity index (χ3v) is 3.14. The van der Waals surface area contributed by atoms with Gasteiger partial charge in [-0.2, -0.15) is 5.10 Å². The van der Waals surface area contributed by atoms with Gasteiger partial charge in [0.25, 0.3) is 5.91 Å². The van der Waals surface area contributed by atoms with Gasteiger partial charge in [0.05, 0.1) is 6.21 Å². The second-order valence-corrected chi connectivity index (χ2v) is 5.17. The number of aromatic hydroxyl groups is 2. The average Bonchev–Trinajstić information content (AvgIpc) is 2.48. The highest BCUT2D eigenvalue weighted by Crippen LogP contribution is 2.22. The Morgan fingerprint density at radius 2 is 2.09 bits per heavy atom. The van der Waals surface area contributed by atoms with Crippen molar-refractivity contribution in [1.29, 1.82) is 0 Å². The number of rotatable bonds is 5. The van der Waals surface area contributed by atoms with Gasteiger partial charge in [-0.1, -0.05) is 11.6 Å². The number of aryl methyl sites for hydroxylation is 1. The van der Waals surface area contributed by atoms with E-state index in [1.807, 2.05) is 6.92 Å². The summed E-state index contributed by atoms with van der Waals surface area (Å²) in [5, 5.41) is 23.0. The van der Waals surface area contributed by atoms with E-state index in [1.165, 1.54) is 24.4 Å². The number of phenols is 2. The molecule has 0 aliphatic heterocycles. The Bertz CT molecular complexity index is 747. The molecule has 7 heteroatoms. The third kappa shape index (κ3) is 4.89. The number of phenolic OH excluding ortho intramolecular Hbond substituents is 2. The van der Waals surface area contributed by atoms with Crippen LogP contribution in [0.25, 0.3) is 0 Å². The molecule has 2 rings (SSSR count). The number of carbonyl (C=O) groups excluding carboxylic acids is 1. The van der Waals surface area contributed by atoms with Crippen molar-refractivity contribution >= 4 is 23.7 Å². The number of hydrogen-bond donors (Lipinski definition) is 3. The molecule has 0 saturated carbocycles. The molecule has 0 aliphatic carbocycles. The maximum absolute atomic E-state index is 11.6. The number of benzene rings is 2. The van der Waals surface area contributed by atoms with E-state index in [1.54, 1.807) is 18.2 Å². The lowest BCUT2D eigenvalue weighted by Crippen LogP contribution is -2.24. The molecular formula is C16H15ClN2O4. The molecule has 0 atom stereocenters. The van der Waals surface area contributed by atoms with Gasteiger partial charge in [-0.15, -0.1) is 0 Å². The van der Waals surface area contributed by atoms with Gasteiger partial charge in [0.15, 0.2) is 6.61 Å². The lowest BCUT2D eigenvalue weighted by atomic mass is 10.2. The number of ether oxygens (including phenoxy) is 1. The van der Waals surface area contributed by atoms with E-state index in [4.69, 9.17) is 21.4 Å². The number of hydrazone groups is 1. The first-order valence-electron chi connectivity index (χ1n) is 6.68. The highest BCUT2D eigenvalue weighted by atomic mass is 35.5. The van der Waals surface area contributed by atoms with Crippen LogP contribution >= 0.6 is 11.6 Å². The van der Waals surface area contributed by atoms with Crippen molar-refractivity contribution in [2.24, 2.45) is 5.10 Å². The number of hydrogen-bond acceptors (Lipinski definition) is 5. The van der Waals surface area contributed by atoms with Gasteiger partial charge < -0.3 is 14.9 Å². The second kappa shape index (κ2) is 7.51. The fourth-order valence-corrected chi connectivity index (χ4v) is 1.99. The van der Waals surface area contributed by atoms with E-state index in [9.17, 15) is 9.90 Å². The van der Waals surface area contributed by atoms with Gasteiger partial charge >= 0.3 is 0 Å². The van der Waals surface area contributed by atoms with Crippen LogP contribution in [0.2, 0.25) is 5.02 Å². The Labute approximate surface area is 138 Å². The molecule has 0 aromatic heterocycles. The summed E-state index contributed by atoms with van der Waals surface area (Å²) >= 11 is 5.84. The number of carbonyl (C=O) groups is 1. The Hall–Kier alpha value is -2.73. The molecule has 1 amide bonds. The van der Waals surface area contributed by atoms with Gasteiger partial charge in [-0.25, -0.2) is 5.43 Å². The molecule has 2 aromatic carbocycles. The molecule has 0 spiro atoms. The summed E-state index contributed by atoms with van der Waals surface area (Å²) < 4.78 is 5.37. The third-order valence-electron chi connectivity index (χ3n) is 2.90. The molecule has 0 bridgehead atoms. The fraction of sp³-hybridized carbons (Fsp3) is 0.125. The monoisotopic (exact) mass is 334 g/mol. The van der Waals surface area contributed by atoms with Gasteiger partial charge in [0.1, 0.15) is 17.2 Å². The standard InChI is InChI=1S/C16H15ClN2O4/c1-10-6-12(17)3-5-15(10)23-9-16(22)19-18-8-11-2-4-13(20)7-14(11)21/h2-8,20-21H,9H2,1H3,(H,19,22)/b18-8-. The Morgan fingerprint density at radius 1 is 1.30 bits per heavy atom. The summed E-state index contributed by atoms with van der Waals surface area (Å²) in [7, 11) is 0. The topological polar surface area (TPSA) is 91.2 Å². The minimum atomic E-state index is -0.450. The number of amides is 1. The van der Waals surface area contributed by atoms with Crippen LogP contribution in [0.1, 0.15) is 11.1 Å². The minimum Gasteiger partial charge on any atom is -0.508 e. The molecule has 0 heterocycles. The summed E-state index contributed by atoms with van der Waals surface area (Å²) in [4.78, 5) is 11.6. The van der Waals surface area contributed by atoms with E-state index in [0.29, 0.717) is 16.3 Å². The summed E-state index contributed by atoms with van der Waals surface area (Å²) in [5.41, 5.74) is 3.46. The van der Waals surface area contributed by atoms with Gasteiger partial charge in [0, 0.05) is 16.7 Å². The summed E-state index contributed by atoms with van der Waals surface area (Å²) in [6.07, 6.45) is 1.26. The highest BCUT2D eigenvalue weighted by Gasteiger charge is 2.05. The van der Waals surface area contributed by atoms with Crippen LogP contribution in [0.15, 0.2) is 41.5 Å². The van der Waals surface area contributed by atoms with Crippen LogP contribution in [-0.2, 0) is 4.79 Å². The average molecular weight is 335 g/mol. The molecule has 3 N–H and O–H groups in total. The zero-order valence-electron chi connectivity index (χ0n) is 12.3. The smallest absolute Gasteiger partial charge is 0.277 e. The normalized spacial score (nSPS) is 10.7. The molecule has 0 saturated heterocycles. The number of halogens is 1. The quantitative estimate of drug-likeness (QED) is 0.579. The lowest BCUT2D eigenvalue weighted by Gasteiger charge is -2.08. The summed E-state index contributed by atoms with van der Waals surface area (Å²) in [6.45, 7) is 1.62. The predicted octanol–water partition coefficient (Wildman–Crippen LogP) is 2.59. The minimum absolute atomic E-state index is 0.0598. The van der Waals surface area contributed by atoms with Crippen molar-refractivity contribution in [2.45, 2.75) is 6.92 Å². The first-order valence-corrected chi connectivity index (χ1v) is 7.06. The first kappa shape index (κ1) is 16.6. The SMILES string of the molecule is Cc1cc(Cl)ccc1OCC(=O)N/N=C\c1ccc(O)cc1O. The summed E-state index contributed by atoms with van der Waals surface area (Å²) in [6, 6.07) is 9.13. The van der Waals surface area contributed by atoms with Gasteiger partial charge in [-0.05, 0) is 42.8 Å². The molecule has 0 aliphatic rings. The molecule has 0 radical (unpaired) electrons. The Morgan fingerprint density at radius 3 is 2.78 bits per heavy atom. The lowest BCUT2D eigenvalue weighted by molar-refractivity contribution is -0.123. The largest absolute Gasteiger partial charge is 0.508 e. The van der Waals surface area contributed by atoms with Crippen molar-refractivity contribution in [3.63, 3.8) is 0 Å². The maximum atomic E-state index is 11.6. The van der Waals surface area contributed by atoms with Crippen LogP contribution in [-0.4, -0.2) is 28.9 Å². The van der Waals surface area contributed by atoms with E-state index in [2.05, 4.69) is 10.5 Å². The van der Waals surface area contributed by atoms with Crippen LogP contribution < -0.4 is 10.2 Å². The summed E-state index contributed by atoms with van der Waals surface area (Å²) in [5.74, 6) is -0.0926.